The van der Waals surface area contributed by atoms with Crippen molar-refractivity contribution >= 4 is 22.0 Å². The van der Waals surface area contributed by atoms with Crippen LogP contribution in [-0.4, -0.2) is 15.0 Å². The fraction of sp³-hybridized carbons (Fsp3) is 0. The molecule has 0 amide bonds. The average Bonchev–Trinajstić information content (AvgIpc) is 3.40. The van der Waals surface area contributed by atoms with Crippen molar-refractivity contribution in [3.8, 4) is 45.2 Å². The van der Waals surface area contributed by atoms with Gasteiger partial charge in [0, 0.05) is 22.1 Å². The summed E-state index contributed by atoms with van der Waals surface area (Å²) in [5.74, 6) is 1.34. The van der Waals surface area contributed by atoms with Gasteiger partial charge in [0.2, 0.25) is 5.89 Å². The molecule has 6 aromatic rings. The predicted octanol–water partition coefficient (Wildman–Crippen LogP) is 6.75. The van der Waals surface area contributed by atoms with E-state index in [2.05, 4.69) is 47.4 Å². The molecule has 0 fully saturated rings. The second-order valence-electron chi connectivity index (χ2n) is 7.71. The molecule has 0 N–H and O–H groups in total. The zero-order valence-corrected chi connectivity index (χ0v) is 16.4. The standard InChI is InChI=1S/C27H15N3O/c1-2-7-20-18(6-1)19-8-5-10-22-24(19)25(20)30-26(28-22)16-12-14-17(15-13-16)27-29-21-9-3-4-11-23(21)31-27/h1-15H. The summed E-state index contributed by atoms with van der Waals surface area (Å²) < 4.78 is 5.90. The smallest absolute Gasteiger partial charge is 0.227 e. The summed E-state index contributed by atoms with van der Waals surface area (Å²) in [6, 6.07) is 30.6. The van der Waals surface area contributed by atoms with E-state index in [0.29, 0.717) is 5.89 Å². The molecule has 4 aromatic carbocycles. The minimum absolute atomic E-state index is 0.615. The second-order valence-corrected chi connectivity index (χ2v) is 7.71. The number of para-hydroxylation sites is 2. The van der Waals surface area contributed by atoms with Crippen LogP contribution in [0, 0.1) is 0 Å². The maximum absolute atomic E-state index is 5.90. The maximum Gasteiger partial charge on any atom is 0.227 e. The van der Waals surface area contributed by atoms with Crippen LogP contribution in [0.1, 0.15) is 0 Å². The number of nitrogens with zero attached hydrogens (tertiary/aromatic N) is 3. The topological polar surface area (TPSA) is 51.8 Å². The Morgan fingerprint density at radius 3 is 2.10 bits per heavy atom. The zero-order chi connectivity index (χ0) is 20.4. The molecule has 2 aromatic heterocycles. The molecule has 144 valence electrons. The molecule has 0 atom stereocenters. The van der Waals surface area contributed by atoms with Gasteiger partial charge in [-0.1, -0.05) is 60.7 Å². The van der Waals surface area contributed by atoms with E-state index in [0.717, 1.165) is 44.6 Å². The van der Waals surface area contributed by atoms with Crippen molar-refractivity contribution in [1.29, 1.82) is 0 Å². The molecule has 0 radical (unpaired) electrons. The van der Waals surface area contributed by atoms with Gasteiger partial charge in [0.1, 0.15) is 5.52 Å². The molecule has 0 unspecified atom stereocenters. The number of aromatic nitrogens is 3. The highest BCUT2D eigenvalue weighted by Crippen LogP contribution is 2.46. The van der Waals surface area contributed by atoms with Crippen molar-refractivity contribution in [3.63, 3.8) is 0 Å². The highest BCUT2D eigenvalue weighted by molar-refractivity contribution is 6.13. The number of oxazole rings is 1. The van der Waals surface area contributed by atoms with Crippen LogP contribution in [0.4, 0.5) is 0 Å². The second kappa shape index (κ2) is 6.09. The van der Waals surface area contributed by atoms with E-state index >= 15 is 0 Å². The fourth-order valence-electron chi connectivity index (χ4n) is 4.41. The molecule has 0 spiro atoms. The molecular formula is C27H15N3O. The van der Waals surface area contributed by atoms with Crippen LogP contribution in [-0.2, 0) is 0 Å². The molecule has 31 heavy (non-hydrogen) atoms. The molecule has 0 bridgehead atoms. The first-order chi connectivity index (χ1) is 15.3. The third-order valence-electron chi connectivity index (χ3n) is 5.88. The zero-order valence-electron chi connectivity index (χ0n) is 16.4. The SMILES string of the molecule is c1ccc2c(c1)-c1cccc3nc(-c4ccc(-c5nc6ccccc6o5)cc4)nc-2c13. The van der Waals surface area contributed by atoms with Crippen molar-refractivity contribution in [2.45, 2.75) is 0 Å². The third kappa shape index (κ3) is 2.39. The Kier molecular flexibility index (Phi) is 3.24. The van der Waals surface area contributed by atoms with Crippen molar-refractivity contribution in [1.82, 2.24) is 15.0 Å². The number of fused-ring (bicyclic) bond motifs is 4. The molecule has 7 rings (SSSR count). The molecular weight excluding hydrogens is 382 g/mol. The minimum Gasteiger partial charge on any atom is -0.436 e. The number of benzene rings is 4. The highest BCUT2D eigenvalue weighted by atomic mass is 16.3. The monoisotopic (exact) mass is 397 g/mol. The number of hydrogen-bond donors (Lipinski definition) is 0. The molecule has 2 heterocycles. The molecule has 4 heteroatoms. The summed E-state index contributed by atoms with van der Waals surface area (Å²) in [7, 11) is 0. The summed E-state index contributed by atoms with van der Waals surface area (Å²) in [5, 5.41) is 1.13. The van der Waals surface area contributed by atoms with Gasteiger partial charge >= 0.3 is 0 Å². The molecule has 4 nitrogen and oxygen atoms in total. The van der Waals surface area contributed by atoms with Crippen molar-refractivity contribution in [2.75, 3.05) is 0 Å². The normalized spacial score (nSPS) is 11.9. The molecule has 0 saturated heterocycles. The summed E-state index contributed by atoms with van der Waals surface area (Å²) in [4.78, 5) is 14.4. The Balaban J connectivity index is 1.35. The van der Waals surface area contributed by atoms with Gasteiger partial charge in [-0.05, 0) is 41.5 Å². The van der Waals surface area contributed by atoms with Crippen molar-refractivity contribution < 1.29 is 4.42 Å². The lowest BCUT2D eigenvalue weighted by molar-refractivity contribution is 0.620. The average molecular weight is 397 g/mol. The first-order valence-electron chi connectivity index (χ1n) is 10.2. The van der Waals surface area contributed by atoms with Crippen LogP contribution in [0.3, 0.4) is 0 Å². The minimum atomic E-state index is 0.615. The van der Waals surface area contributed by atoms with E-state index in [-0.39, 0.29) is 0 Å². The first kappa shape index (κ1) is 16.5. The van der Waals surface area contributed by atoms with Crippen LogP contribution in [0.15, 0.2) is 95.4 Å². The van der Waals surface area contributed by atoms with Gasteiger partial charge in [-0.3, -0.25) is 0 Å². The van der Waals surface area contributed by atoms with E-state index in [4.69, 9.17) is 14.4 Å². The van der Waals surface area contributed by atoms with Crippen LogP contribution in [0.25, 0.3) is 67.2 Å². The van der Waals surface area contributed by atoms with Crippen molar-refractivity contribution in [3.05, 3.63) is 91.0 Å². The van der Waals surface area contributed by atoms with Gasteiger partial charge in [-0.2, -0.15) is 0 Å². The van der Waals surface area contributed by atoms with Gasteiger partial charge in [-0.25, -0.2) is 15.0 Å². The van der Waals surface area contributed by atoms with E-state index in [1.165, 1.54) is 16.7 Å². The third-order valence-corrected chi connectivity index (χ3v) is 5.88. The van der Waals surface area contributed by atoms with Crippen LogP contribution < -0.4 is 0 Å². The van der Waals surface area contributed by atoms with E-state index in [1.54, 1.807) is 0 Å². The Morgan fingerprint density at radius 1 is 0.516 bits per heavy atom. The summed E-state index contributed by atoms with van der Waals surface area (Å²) in [6.45, 7) is 0. The number of hydrogen-bond acceptors (Lipinski definition) is 4. The predicted molar refractivity (Wildman–Crippen MR) is 122 cm³/mol. The van der Waals surface area contributed by atoms with E-state index < -0.39 is 0 Å². The first-order valence-corrected chi connectivity index (χ1v) is 10.2. The van der Waals surface area contributed by atoms with Gasteiger partial charge < -0.3 is 4.42 Å². The van der Waals surface area contributed by atoms with E-state index in [1.807, 2.05) is 48.5 Å². The molecule has 1 aliphatic carbocycles. The Bertz CT molecular complexity index is 1600. The Hall–Kier alpha value is -4.31. The van der Waals surface area contributed by atoms with Gasteiger partial charge in [-0.15, -0.1) is 0 Å². The van der Waals surface area contributed by atoms with Gasteiger partial charge in [0.25, 0.3) is 0 Å². The van der Waals surface area contributed by atoms with Gasteiger partial charge in [0.05, 0.1) is 11.2 Å². The summed E-state index contributed by atoms with van der Waals surface area (Å²) in [5.41, 5.74) is 9.12. The van der Waals surface area contributed by atoms with Crippen LogP contribution in [0.2, 0.25) is 0 Å². The largest absolute Gasteiger partial charge is 0.436 e. The maximum atomic E-state index is 5.90. The lowest BCUT2D eigenvalue weighted by atomic mass is 10.1. The molecule has 0 aliphatic heterocycles. The Labute approximate surface area is 177 Å². The lowest BCUT2D eigenvalue weighted by Gasteiger charge is -2.06. The quantitative estimate of drug-likeness (QED) is 0.324. The van der Waals surface area contributed by atoms with E-state index in [9.17, 15) is 0 Å². The molecule has 0 saturated carbocycles. The number of rotatable bonds is 2. The van der Waals surface area contributed by atoms with Crippen LogP contribution in [0.5, 0.6) is 0 Å². The fourth-order valence-corrected chi connectivity index (χ4v) is 4.41. The lowest BCUT2D eigenvalue weighted by Crippen LogP contribution is -1.93. The summed E-state index contributed by atoms with van der Waals surface area (Å²) >= 11 is 0. The van der Waals surface area contributed by atoms with Crippen molar-refractivity contribution in [2.24, 2.45) is 0 Å². The highest BCUT2D eigenvalue weighted by Gasteiger charge is 2.23. The van der Waals surface area contributed by atoms with Crippen LogP contribution >= 0.6 is 0 Å². The molecule has 1 aliphatic rings. The summed E-state index contributed by atoms with van der Waals surface area (Å²) in [6.07, 6.45) is 0. The Morgan fingerprint density at radius 2 is 1.23 bits per heavy atom. The van der Waals surface area contributed by atoms with Gasteiger partial charge in [0.15, 0.2) is 11.4 Å².